The number of nitrogens with two attached hydrogens (primary N) is 1. The van der Waals surface area contributed by atoms with E-state index in [9.17, 15) is 5.11 Å². The highest BCUT2D eigenvalue weighted by molar-refractivity contribution is 5.41. The molecule has 0 bridgehead atoms. The summed E-state index contributed by atoms with van der Waals surface area (Å²) in [6.45, 7) is 4.41. The van der Waals surface area contributed by atoms with E-state index >= 15 is 0 Å². The van der Waals surface area contributed by atoms with E-state index in [-0.39, 0.29) is 18.3 Å². The van der Waals surface area contributed by atoms with E-state index in [1.807, 2.05) is 12.1 Å². The van der Waals surface area contributed by atoms with Crippen molar-refractivity contribution in [3.63, 3.8) is 0 Å². The van der Waals surface area contributed by atoms with Crippen molar-refractivity contribution in [3.8, 4) is 0 Å². The van der Waals surface area contributed by atoms with Crippen molar-refractivity contribution in [2.75, 3.05) is 12.3 Å². The maximum Gasteiger partial charge on any atom is 0.102 e. The molecule has 1 fully saturated rings. The molecule has 0 saturated carbocycles. The van der Waals surface area contributed by atoms with Crippen LogP contribution in [0.15, 0.2) is 24.3 Å². The molecule has 3 unspecified atom stereocenters. The molecule has 1 heterocycles. The number of aliphatic hydroxyl groups is 1. The molecule has 106 valence electrons. The standard InChI is InChI=1S/C15H23NO3/c1-10-6-14(7-11(2)19-10)18-9-15(17)12-4-3-5-13(16)8-12/h3-5,8,10-11,14-15,17H,6-7,9,16H2,1-2H3. The molecule has 4 heteroatoms. The minimum absolute atomic E-state index is 0.162. The first-order valence-corrected chi connectivity index (χ1v) is 6.85. The third-order valence-corrected chi connectivity index (χ3v) is 3.44. The maximum absolute atomic E-state index is 10.1. The molecule has 1 aliphatic heterocycles. The Morgan fingerprint density at radius 1 is 1.37 bits per heavy atom. The van der Waals surface area contributed by atoms with Crippen molar-refractivity contribution in [2.45, 2.75) is 51.1 Å². The smallest absolute Gasteiger partial charge is 0.102 e. The molecule has 2 rings (SSSR count). The van der Waals surface area contributed by atoms with Crippen LogP contribution in [-0.4, -0.2) is 30.0 Å². The summed E-state index contributed by atoms with van der Waals surface area (Å²) in [6.07, 6.45) is 1.74. The van der Waals surface area contributed by atoms with Crippen LogP contribution in [0.2, 0.25) is 0 Å². The monoisotopic (exact) mass is 265 g/mol. The van der Waals surface area contributed by atoms with E-state index in [2.05, 4.69) is 13.8 Å². The zero-order chi connectivity index (χ0) is 13.8. The van der Waals surface area contributed by atoms with E-state index < -0.39 is 6.10 Å². The van der Waals surface area contributed by atoms with E-state index in [4.69, 9.17) is 15.2 Å². The van der Waals surface area contributed by atoms with E-state index in [0.29, 0.717) is 12.3 Å². The molecule has 1 aromatic rings. The second-order valence-corrected chi connectivity index (χ2v) is 5.37. The van der Waals surface area contributed by atoms with E-state index in [1.165, 1.54) is 0 Å². The Morgan fingerprint density at radius 2 is 2.05 bits per heavy atom. The maximum atomic E-state index is 10.1. The molecule has 4 nitrogen and oxygen atoms in total. The van der Waals surface area contributed by atoms with Gasteiger partial charge in [0.15, 0.2) is 0 Å². The molecular weight excluding hydrogens is 242 g/mol. The van der Waals surface area contributed by atoms with Crippen LogP contribution < -0.4 is 5.73 Å². The molecular formula is C15H23NO3. The van der Waals surface area contributed by atoms with Crippen molar-refractivity contribution >= 4 is 5.69 Å². The first-order chi connectivity index (χ1) is 9.04. The topological polar surface area (TPSA) is 64.7 Å². The Hall–Kier alpha value is -1.10. The number of ether oxygens (including phenoxy) is 2. The molecule has 19 heavy (non-hydrogen) atoms. The highest BCUT2D eigenvalue weighted by Crippen LogP contribution is 2.23. The molecule has 1 aromatic carbocycles. The average Bonchev–Trinajstić information content (AvgIpc) is 2.35. The highest BCUT2D eigenvalue weighted by atomic mass is 16.5. The van der Waals surface area contributed by atoms with Crippen LogP contribution in [0.3, 0.4) is 0 Å². The van der Waals surface area contributed by atoms with Gasteiger partial charge in [0.05, 0.1) is 24.9 Å². The molecule has 0 aliphatic carbocycles. The lowest BCUT2D eigenvalue weighted by Crippen LogP contribution is -2.34. The highest BCUT2D eigenvalue weighted by Gasteiger charge is 2.25. The Balaban J connectivity index is 1.84. The minimum atomic E-state index is -0.628. The summed E-state index contributed by atoms with van der Waals surface area (Å²) in [5.41, 5.74) is 7.16. The van der Waals surface area contributed by atoms with Crippen LogP contribution in [0.4, 0.5) is 5.69 Å². The number of rotatable bonds is 4. The summed E-state index contributed by atoms with van der Waals surface area (Å²) < 4.78 is 11.5. The van der Waals surface area contributed by atoms with Gasteiger partial charge in [0, 0.05) is 5.69 Å². The second kappa shape index (κ2) is 6.37. The number of benzene rings is 1. The van der Waals surface area contributed by atoms with E-state index in [1.54, 1.807) is 12.1 Å². The lowest BCUT2D eigenvalue weighted by Gasteiger charge is -2.32. The Morgan fingerprint density at radius 3 is 2.68 bits per heavy atom. The third-order valence-electron chi connectivity index (χ3n) is 3.44. The van der Waals surface area contributed by atoms with Gasteiger partial charge in [-0.2, -0.15) is 0 Å². The van der Waals surface area contributed by atoms with Gasteiger partial charge in [-0.1, -0.05) is 12.1 Å². The summed E-state index contributed by atoms with van der Waals surface area (Å²) in [6, 6.07) is 7.29. The van der Waals surface area contributed by atoms with Crippen molar-refractivity contribution < 1.29 is 14.6 Å². The predicted molar refractivity (Wildman–Crippen MR) is 74.8 cm³/mol. The van der Waals surface area contributed by atoms with Crippen LogP contribution in [0.25, 0.3) is 0 Å². The van der Waals surface area contributed by atoms with Gasteiger partial charge in [0.25, 0.3) is 0 Å². The molecule has 3 atom stereocenters. The zero-order valence-electron chi connectivity index (χ0n) is 11.6. The number of hydrogen-bond donors (Lipinski definition) is 2. The predicted octanol–water partition coefficient (Wildman–Crippen LogP) is 2.27. The first-order valence-electron chi connectivity index (χ1n) is 6.85. The van der Waals surface area contributed by atoms with Gasteiger partial charge in [-0.25, -0.2) is 0 Å². The Kier molecular flexibility index (Phi) is 4.80. The quantitative estimate of drug-likeness (QED) is 0.820. The largest absolute Gasteiger partial charge is 0.399 e. The van der Waals surface area contributed by atoms with Crippen molar-refractivity contribution in [1.29, 1.82) is 0 Å². The van der Waals surface area contributed by atoms with Gasteiger partial charge in [0.2, 0.25) is 0 Å². The van der Waals surface area contributed by atoms with Gasteiger partial charge in [-0.15, -0.1) is 0 Å². The van der Waals surface area contributed by atoms with Crippen molar-refractivity contribution in [2.24, 2.45) is 0 Å². The Bertz CT molecular complexity index is 400. The third kappa shape index (κ3) is 4.20. The number of anilines is 1. The molecule has 1 saturated heterocycles. The summed E-state index contributed by atoms with van der Waals surface area (Å²) >= 11 is 0. The number of hydrogen-bond acceptors (Lipinski definition) is 4. The molecule has 3 N–H and O–H groups in total. The molecule has 1 aliphatic rings. The zero-order valence-corrected chi connectivity index (χ0v) is 11.6. The van der Waals surface area contributed by atoms with Gasteiger partial charge in [-0.05, 0) is 44.4 Å². The van der Waals surface area contributed by atoms with Crippen molar-refractivity contribution in [1.82, 2.24) is 0 Å². The second-order valence-electron chi connectivity index (χ2n) is 5.37. The lowest BCUT2D eigenvalue weighted by molar-refractivity contribution is -0.113. The van der Waals surface area contributed by atoms with Crippen LogP contribution in [0.1, 0.15) is 38.4 Å². The van der Waals surface area contributed by atoms with Crippen LogP contribution >= 0.6 is 0 Å². The molecule has 0 radical (unpaired) electrons. The van der Waals surface area contributed by atoms with Gasteiger partial charge >= 0.3 is 0 Å². The van der Waals surface area contributed by atoms with Gasteiger partial charge < -0.3 is 20.3 Å². The van der Waals surface area contributed by atoms with Crippen LogP contribution in [0.5, 0.6) is 0 Å². The molecule has 0 amide bonds. The lowest BCUT2D eigenvalue weighted by atomic mass is 10.0. The number of aliphatic hydroxyl groups excluding tert-OH is 1. The summed E-state index contributed by atoms with van der Waals surface area (Å²) in [5, 5.41) is 10.1. The normalized spacial score (nSPS) is 29.1. The fourth-order valence-electron chi connectivity index (χ4n) is 2.57. The average molecular weight is 265 g/mol. The fourth-order valence-corrected chi connectivity index (χ4v) is 2.57. The van der Waals surface area contributed by atoms with Crippen molar-refractivity contribution in [3.05, 3.63) is 29.8 Å². The summed E-state index contributed by atoms with van der Waals surface area (Å²) in [4.78, 5) is 0. The SMILES string of the molecule is CC1CC(OCC(O)c2cccc(N)c2)CC(C)O1. The Labute approximate surface area is 114 Å². The summed E-state index contributed by atoms with van der Waals surface area (Å²) in [5.74, 6) is 0. The van der Waals surface area contributed by atoms with Gasteiger partial charge in [-0.3, -0.25) is 0 Å². The van der Waals surface area contributed by atoms with Crippen LogP contribution in [0, 0.1) is 0 Å². The van der Waals surface area contributed by atoms with Gasteiger partial charge in [0.1, 0.15) is 6.10 Å². The minimum Gasteiger partial charge on any atom is -0.399 e. The van der Waals surface area contributed by atoms with Crippen LogP contribution in [-0.2, 0) is 9.47 Å². The number of nitrogen functional groups attached to an aromatic ring is 1. The first kappa shape index (κ1) is 14.3. The summed E-state index contributed by atoms with van der Waals surface area (Å²) in [7, 11) is 0. The molecule has 0 aromatic heterocycles. The van der Waals surface area contributed by atoms with E-state index in [0.717, 1.165) is 18.4 Å². The fraction of sp³-hybridized carbons (Fsp3) is 0.600. The molecule has 0 spiro atoms.